The number of aromatic amines is 1. The van der Waals surface area contributed by atoms with Crippen molar-refractivity contribution in [2.24, 2.45) is 0 Å². The Hall–Kier alpha value is -0.464. The number of hydrogen-bond donors (Lipinski definition) is 2. The van der Waals surface area contributed by atoms with Gasteiger partial charge in [-0.1, -0.05) is 0 Å². The van der Waals surface area contributed by atoms with Gasteiger partial charge >= 0.3 is 0 Å². The Morgan fingerprint density at radius 2 is 2.07 bits per heavy atom. The second kappa shape index (κ2) is 11.6. The maximum Gasteiger partial charge on any atom is 0.135 e. The van der Waals surface area contributed by atoms with Crippen LogP contribution in [0.4, 0.5) is 0 Å². The molecule has 0 unspecified atom stereocenters. The molecule has 0 saturated carbocycles. The minimum Gasteiger partial charge on any atom is -1.00 e. The van der Waals surface area contributed by atoms with Crippen molar-refractivity contribution in [2.45, 2.75) is 27.2 Å². The van der Waals surface area contributed by atoms with Crippen LogP contribution >= 0.6 is 0 Å². The molecule has 0 fully saturated rings. The summed E-state index contributed by atoms with van der Waals surface area (Å²) in [5, 5.41) is 6.80. The van der Waals surface area contributed by atoms with E-state index in [1.165, 1.54) is 6.92 Å². The normalized spacial score (nSPS) is 7.40. The number of aryl methyl sites for hydroxylation is 1. The molecule has 15 heavy (non-hydrogen) atoms. The minimum atomic E-state index is 0. The number of aromatic nitrogens is 2. The average Bonchev–Trinajstić information content (AvgIpc) is 2.37. The van der Waals surface area contributed by atoms with Crippen molar-refractivity contribution in [3.05, 3.63) is 18.2 Å². The molecule has 6 heteroatoms. The molecule has 1 radical (unpaired) electrons. The fourth-order valence-electron chi connectivity index (χ4n) is 0.699. The van der Waals surface area contributed by atoms with Crippen LogP contribution in [0.25, 0.3) is 0 Å². The van der Waals surface area contributed by atoms with Crippen molar-refractivity contribution >= 4 is 11.5 Å². The summed E-state index contributed by atoms with van der Waals surface area (Å²) < 4.78 is 0. The van der Waals surface area contributed by atoms with Crippen LogP contribution in [0, 0.1) is 12.3 Å². The molecule has 0 aliphatic rings. The summed E-state index contributed by atoms with van der Waals surface area (Å²) in [6, 6.07) is 0. The molecule has 1 aromatic rings. The van der Waals surface area contributed by atoms with Crippen molar-refractivity contribution in [1.29, 1.82) is 5.41 Å². The van der Waals surface area contributed by atoms with Gasteiger partial charge in [-0.3, -0.25) is 4.79 Å². The number of carbonyl (C=O) groups is 1. The quantitative estimate of drug-likeness (QED) is 0.667. The van der Waals surface area contributed by atoms with E-state index in [9.17, 15) is 4.79 Å². The van der Waals surface area contributed by atoms with Crippen LogP contribution in [-0.4, -0.2) is 21.5 Å². The number of nitrogens with zero attached hydrogens (tertiary/aromatic N) is 1. The summed E-state index contributed by atoms with van der Waals surface area (Å²) in [6.45, 7) is 5.08. The predicted octanol–water partition coefficient (Wildman–Crippen LogP) is -1.28. The fraction of sp³-hybridized carbons (Fsp3) is 0.444. The van der Waals surface area contributed by atoms with Gasteiger partial charge in [-0.05, 0) is 20.8 Å². The van der Waals surface area contributed by atoms with E-state index in [0.29, 0.717) is 12.1 Å². The summed E-state index contributed by atoms with van der Waals surface area (Å²) in [6.07, 6.45) is 3.75. The minimum absolute atomic E-state index is 0. The van der Waals surface area contributed by atoms with Gasteiger partial charge in [0.25, 0.3) is 0 Å². The Bertz CT molecular complexity index is 263. The molecule has 0 aliphatic heterocycles. The van der Waals surface area contributed by atoms with Crippen LogP contribution in [0.5, 0.6) is 0 Å². The number of imidazole rings is 1. The molecular formula is C9H15BrCoN3O-. The molecule has 89 valence electrons. The molecule has 0 spiro atoms. The van der Waals surface area contributed by atoms with Crippen LogP contribution in [0.3, 0.4) is 0 Å². The Labute approximate surface area is 111 Å². The van der Waals surface area contributed by atoms with Crippen molar-refractivity contribution in [1.82, 2.24) is 9.97 Å². The van der Waals surface area contributed by atoms with Crippen LogP contribution in [0.2, 0.25) is 0 Å². The molecule has 0 aliphatic carbocycles. The number of Topliss-reactive ketones (excluding diaryl/α,β-unsaturated/α-hetero) is 1. The number of carbonyl (C=O) groups excluding carboxylic acids is 1. The molecule has 0 aromatic carbocycles. The smallest absolute Gasteiger partial charge is 0.135 e. The number of nitrogens with one attached hydrogen (secondary N) is 2. The molecule has 1 aromatic heterocycles. The third kappa shape index (κ3) is 16.2. The molecule has 0 atom stereocenters. The summed E-state index contributed by atoms with van der Waals surface area (Å²) in [5.41, 5.74) is 1.54. The molecule has 0 saturated heterocycles. The van der Waals surface area contributed by atoms with Crippen molar-refractivity contribution in [3.63, 3.8) is 0 Å². The molecule has 4 nitrogen and oxygen atoms in total. The Kier molecular flexibility index (Phi) is 15.5. The van der Waals surface area contributed by atoms with E-state index >= 15 is 0 Å². The summed E-state index contributed by atoms with van der Waals surface area (Å²) in [4.78, 5) is 16.8. The van der Waals surface area contributed by atoms with Crippen molar-refractivity contribution in [3.8, 4) is 0 Å². The van der Waals surface area contributed by atoms with Crippen LogP contribution in [0.1, 0.15) is 26.0 Å². The van der Waals surface area contributed by atoms with Gasteiger partial charge in [0.2, 0.25) is 0 Å². The number of rotatable bonds is 2. The maximum absolute atomic E-state index is 10.1. The number of hydrogen-bond acceptors (Lipinski definition) is 3. The topological polar surface area (TPSA) is 69.6 Å². The van der Waals surface area contributed by atoms with E-state index in [4.69, 9.17) is 5.41 Å². The van der Waals surface area contributed by atoms with Gasteiger partial charge in [0.05, 0.1) is 6.33 Å². The zero-order chi connectivity index (χ0) is 10.3. The third-order valence-corrected chi connectivity index (χ3v) is 1.15. The largest absolute Gasteiger partial charge is 1.00 e. The van der Waals surface area contributed by atoms with Crippen LogP contribution in [0.15, 0.2) is 12.5 Å². The van der Waals surface area contributed by atoms with Crippen LogP contribution < -0.4 is 17.0 Å². The Balaban J connectivity index is -0.000000170. The van der Waals surface area contributed by atoms with E-state index < -0.39 is 0 Å². The van der Waals surface area contributed by atoms with Gasteiger partial charge in [0, 0.05) is 40.8 Å². The standard InChI is InChI=1S/C5H9NO.C4H6N2.BrH.Co/c1-4(6)3-5(2)7;1-4-2-5-3-6-4;;/h6H,3H2,1-2H3;2-3H,1H3,(H,5,6);1H;/p-1. The van der Waals surface area contributed by atoms with Gasteiger partial charge in [0.15, 0.2) is 0 Å². The first-order chi connectivity index (χ1) is 6.02. The molecule has 2 N–H and O–H groups in total. The van der Waals surface area contributed by atoms with E-state index in [2.05, 4.69) is 9.97 Å². The predicted molar refractivity (Wildman–Crippen MR) is 52.0 cm³/mol. The molecule has 1 rings (SSSR count). The second-order valence-corrected chi connectivity index (χ2v) is 2.89. The maximum atomic E-state index is 10.1. The number of H-pyrrole nitrogens is 1. The first-order valence-corrected chi connectivity index (χ1v) is 4.00. The molecule has 1 heterocycles. The van der Waals surface area contributed by atoms with E-state index in [0.717, 1.165) is 5.69 Å². The summed E-state index contributed by atoms with van der Waals surface area (Å²) >= 11 is 0. The molecule has 0 bridgehead atoms. The Morgan fingerprint density at radius 1 is 1.53 bits per heavy atom. The number of halogens is 1. The summed E-state index contributed by atoms with van der Waals surface area (Å²) in [7, 11) is 0. The number of ketones is 1. The van der Waals surface area contributed by atoms with Crippen molar-refractivity contribution < 1.29 is 38.6 Å². The fourth-order valence-corrected chi connectivity index (χ4v) is 0.699. The van der Waals surface area contributed by atoms with Gasteiger partial charge in [0.1, 0.15) is 5.78 Å². The van der Waals surface area contributed by atoms with E-state index in [-0.39, 0.29) is 39.5 Å². The van der Waals surface area contributed by atoms with Gasteiger partial charge in [-0.2, -0.15) is 0 Å². The van der Waals surface area contributed by atoms with Gasteiger partial charge in [-0.15, -0.1) is 0 Å². The first kappa shape index (κ1) is 20.0. The molecule has 0 amide bonds. The van der Waals surface area contributed by atoms with Crippen molar-refractivity contribution in [2.75, 3.05) is 0 Å². The summed E-state index contributed by atoms with van der Waals surface area (Å²) in [5.74, 6) is 0.0625. The van der Waals surface area contributed by atoms with E-state index in [1.54, 1.807) is 19.4 Å². The molecular weight excluding hydrogens is 305 g/mol. The van der Waals surface area contributed by atoms with Crippen LogP contribution in [-0.2, 0) is 21.6 Å². The SMILES string of the molecule is CC(=N)CC(C)=O.Cc1cnc[nH]1.[Br-].[Co]. The second-order valence-electron chi connectivity index (χ2n) is 2.89. The van der Waals surface area contributed by atoms with E-state index in [1.807, 2.05) is 6.92 Å². The van der Waals surface area contributed by atoms with Gasteiger partial charge < -0.3 is 27.4 Å². The first-order valence-electron chi connectivity index (χ1n) is 4.00. The Morgan fingerprint density at radius 3 is 2.13 bits per heavy atom. The zero-order valence-corrected chi connectivity index (χ0v) is 11.6. The average molecular weight is 320 g/mol. The van der Waals surface area contributed by atoms with Gasteiger partial charge in [-0.25, -0.2) is 4.98 Å². The third-order valence-electron chi connectivity index (χ3n) is 1.15. The zero-order valence-electron chi connectivity index (χ0n) is 8.93. The monoisotopic (exact) mass is 319 g/mol.